The Morgan fingerprint density at radius 1 is 1.47 bits per heavy atom. The molecule has 3 nitrogen and oxygen atoms in total. The predicted octanol–water partition coefficient (Wildman–Crippen LogP) is 3.55. The normalized spacial score (nSPS) is 12.2. The first-order valence-corrected chi connectivity index (χ1v) is 6.72. The quantitative estimate of drug-likeness (QED) is 0.723. The van der Waals surface area contributed by atoms with Gasteiger partial charge in [0.25, 0.3) is 0 Å². The molecule has 0 bridgehead atoms. The van der Waals surface area contributed by atoms with E-state index in [2.05, 4.69) is 17.2 Å². The van der Waals surface area contributed by atoms with Crippen molar-refractivity contribution >= 4 is 17.4 Å². The van der Waals surface area contributed by atoms with Crippen LogP contribution in [-0.2, 0) is 0 Å². The lowest BCUT2D eigenvalue weighted by Gasteiger charge is -2.16. The molecular weight excluding hydrogens is 236 g/mol. The maximum atomic E-state index is 5.77. The van der Waals surface area contributed by atoms with Gasteiger partial charge < -0.3 is 10.1 Å². The SMILES string of the molecule is CCOc1cccnc1NCC(CC)CCCl. The molecule has 0 saturated heterocycles. The Morgan fingerprint density at radius 2 is 2.29 bits per heavy atom. The summed E-state index contributed by atoms with van der Waals surface area (Å²) in [5, 5.41) is 3.34. The van der Waals surface area contributed by atoms with E-state index in [1.807, 2.05) is 19.1 Å². The molecule has 1 N–H and O–H groups in total. The van der Waals surface area contributed by atoms with Crippen LogP contribution in [0.25, 0.3) is 0 Å². The number of nitrogens with one attached hydrogen (secondary N) is 1. The van der Waals surface area contributed by atoms with Gasteiger partial charge in [-0.25, -0.2) is 4.98 Å². The first-order chi connectivity index (χ1) is 8.31. The Bertz CT molecular complexity index is 320. The average molecular weight is 257 g/mol. The molecule has 1 rings (SSSR count). The molecule has 0 aromatic carbocycles. The van der Waals surface area contributed by atoms with E-state index in [1.54, 1.807) is 6.20 Å². The topological polar surface area (TPSA) is 34.1 Å². The van der Waals surface area contributed by atoms with Gasteiger partial charge >= 0.3 is 0 Å². The summed E-state index contributed by atoms with van der Waals surface area (Å²) < 4.78 is 5.51. The largest absolute Gasteiger partial charge is 0.490 e. The van der Waals surface area contributed by atoms with Crippen molar-refractivity contribution in [2.45, 2.75) is 26.7 Å². The van der Waals surface area contributed by atoms with Crippen molar-refractivity contribution in [3.05, 3.63) is 18.3 Å². The van der Waals surface area contributed by atoms with E-state index in [-0.39, 0.29) is 0 Å². The third-order valence-electron chi connectivity index (χ3n) is 2.72. The highest BCUT2D eigenvalue weighted by molar-refractivity contribution is 6.17. The molecular formula is C13H21ClN2O. The van der Waals surface area contributed by atoms with Crippen molar-refractivity contribution in [3.63, 3.8) is 0 Å². The Labute approximate surface area is 109 Å². The van der Waals surface area contributed by atoms with Crippen LogP contribution in [0, 0.1) is 5.92 Å². The molecule has 1 aromatic heterocycles. The molecule has 0 aliphatic rings. The fraction of sp³-hybridized carbons (Fsp3) is 0.615. The minimum Gasteiger partial charge on any atom is -0.490 e. The van der Waals surface area contributed by atoms with E-state index in [0.717, 1.165) is 31.0 Å². The number of rotatable bonds is 8. The molecule has 0 fully saturated rings. The summed E-state index contributed by atoms with van der Waals surface area (Å²) in [5.41, 5.74) is 0. The van der Waals surface area contributed by atoms with Gasteiger partial charge in [0.2, 0.25) is 0 Å². The lowest BCUT2D eigenvalue weighted by atomic mass is 10.0. The fourth-order valence-electron chi connectivity index (χ4n) is 1.64. The minimum absolute atomic E-state index is 0.587. The summed E-state index contributed by atoms with van der Waals surface area (Å²) in [5.74, 6) is 2.93. The summed E-state index contributed by atoms with van der Waals surface area (Å²) in [6.07, 6.45) is 3.92. The summed E-state index contributed by atoms with van der Waals surface area (Å²) in [4.78, 5) is 4.29. The van der Waals surface area contributed by atoms with Crippen molar-refractivity contribution < 1.29 is 4.74 Å². The molecule has 0 aliphatic heterocycles. The van der Waals surface area contributed by atoms with Crippen LogP contribution in [0.3, 0.4) is 0 Å². The number of ether oxygens (including phenoxy) is 1. The first-order valence-electron chi connectivity index (χ1n) is 6.19. The number of pyridine rings is 1. The number of halogens is 1. The number of aromatic nitrogens is 1. The fourth-order valence-corrected chi connectivity index (χ4v) is 1.95. The molecule has 4 heteroatoms. The van der Waals surface area contributed by atoms with Crippen molar-refractivity contribution in [1.82, 2.24) is 4.98 Å². The molecule has 0 amide bonds. The van der Waals surface area contributed by atoms with Crippen LogP contribution in [0.2, 0.25) is 0 Å². The second-order valence-corrected chi connectivity index (χ2v) is 4.29. The summed E-state index contributed by atoms with van der Waals surface area (Å²) in [6.45, 7) is 5.69. The third kappa shape index (κ3) is 4.82. The monoisotopic (exact) mass is 256 g/mol. The van der Waals surface area contributed by atoms with Gasteiger partial charge in [0.05, 0.1) is 6.61 Å². The van der Waals surface area contributed by atoms with Crippen LogP contribution < -0.4 is 10.1 Å². The molecule has 1 unspecified atom stereocenters. The Kier molecular flexibility index (Phi) is 6.78. The van der Waals surface area contributed by atoms with Gasteiger partial charge in [-0.05, 0) is 31.4 Å². The molecule has 0 saturated carbocycles. The van der Waals surface area contributed by atoms with Gasteiger partial charge in [0, 0.05) is 18.6 Å². The second kappa shape index (κ2) is 8.18. The van der Waals surface area contributed by atoms with Crippen LogP contribution in [0.5, 0.6) is 5.75 Å². The number of nitrogens with zero attached hydrogens (tertiary/aromatic N) is 1. The number of hydrogen-bond acceptors (Lipinski definition) is 3. The predicted molar refractivity (Wildman–Crippen MR) is 73.0 cm³/mol. The van der Waals surface area contributed by atoms with Crippen LogP contribution in [0.4, 0.5) is 5.82 Å². The summed E-state index contributed by atoms with van der Waals surface area (Å²) in [6, 6.07) is 3.81. The van der Waals surface area contributed by atoms with Gasteiger partial charge in [-0.1, -0.05) is 13.3 Å². The molecule has 1 aromatic rings. The maximum absolute atomic E-state index is 5.77. The molecule has 0 aliphatic carbocycles. The summed E-state index contributed by atoms with van der Waals surface area (Å²) >= 11 is 5.77. The Morgan fingerprint density at radius 3 is 2.94 bits per heavy atom. The van der Waals surface area contributed by atoms with Gasteiger partial charge in [0.15, 0.2) is 11.6 Å². The van der Waals surface area contributed by atoms with Crippen LogP contribution >= 0.6 is 11.6 Å². The highest BCUT2D eigenvalue weighted by Crippen LogP contribution is 2.21. The number of alkyl halides is 1. The lowest BCUT2D eigenvalue weighted by Crippen LogP contribution is -2.15. The molecule has 1 heterocycles. The van der Waals surface area contributed by atoms with Crippen molar-refractivity contribution in [2.75, 3.05) is 24.3 Å². The number of anilines is 1. The highest BCUT2D eigenvalue weighted by atomic mass is 35.5. The molecule has 0 radical (unpaired) electrons. The van der Waals surface area contributed by atoms with Crippen molar-refractivity contribution in [1.29, 1.82) is 0 Å². The number of hydrogen-bond donors (Lipinski definition) is 1. The molecule has 0 spiro atoms. The third-order valence-corrected chi connectivity index (χ3v) is 2.94. The Hall–Kier alpha value is -0.960. The standard InChI is InChI=1S/C13H21ClN2O/c1-3-11(7-8-14)10-16-13-12(17-4-2)6-5-9-15-13/h5-6,9,11H,3-4,7-8,10H2,1-2H3,(H,15,16). The van der Waals surface area contributed by atoms with Crippen LogP contribution in [0.1, 0.15) is 26.7 Å². The average Bonchev–Trinajstić information content (AvgIpc) is 2.36. The van der Waals surface area contributed by atoms with Crippen molar-refractivity contribution in [2.24, 2.45) is 5.92 Å². The first kappa shape index (κ1) is 14.1. The van der Waals surface area contributed by atoms with E-state index in [9.17, 15) is 0 Å². The minimum atomic E-state index is 0.587. The zero-order valence-electron chi connectivity index (χ0n) is 10.6. The van der Waals surface area contributed by atoms with E-state index >= 15 is 0 Å². The maximum Gasteiger partial charge on any atom is 0.168 e. The smallest absolute Gasteiger partial charge is 0.168 e. The Balaban J connectivity index is 2.55. The van der Waals surface area contributed by atoms with Gasteiger partial charge in [-0.15, -0.1) is 11.6 Å². The van der Waals surface area contributed by atoms with E-state index in [4.69, 9.17) is 16.3 Å². The zero-order valence-corrected chi connectivity index (χ0v) is 11.3. The zero-order chi connectivity index (χ0) is 12.5. The van der Waals surface area contributed by atoms with Gasteiger partial charge in [-0.3, -0.25) is 0 Å². The summed E-state index contributed by atoms with van der Waals surface area (Å²) in [7, 11) is 0. The van der Waals surface area contributed by atoms with E-state index in [1.165, 1.54) is 0 Å². The molecule has 96 valence electrons. The molecule has 17 heavy (non-hydrogen) atoms. The van der Waals surface area contributed by atoms with Crippen molar-refractivity contribution in [3.8, 4) is 5.75 Å². The molecule has 1 atom stereocenters. The van der Waals surface area contributed by atoms with E-state index < -0.39 is 0 Å². The van der Waals surface area contributed by atoms with Gasteiger partial charge in [0.1, 0.15) is 0 Å². The van der Waals surface area contributed by atoms with Crippen LogP contribution in [0.15, 0.2) is 18.3 Å². The van der Waals surface area contributed by atoms with E-state index in [0.29, 0.717) is 18.4 Å². The second-order valence-electron chi connectivity index (χ2n) is 3.92. The highest BCUT2D eigenvalue weighted by Gasteiger charge is 2.08. The van der Waals surface area contributed by atoms with Gasteiger partial charge in [-0.2, -0.15) is 0 Å². The lowest BCUT2D eigenvalue weighted by molar-refractivity contribution is 0.340. The van der Waals surface area contributed by atoms with Crippen LogP contribution in [-0.4, -0.2) is 24.0 Å².